The SMILES string of the molecule is CCCCCCCC1=NN2C(=N)/C(=C/c3cc(Br)c(OCCOc4ccc(Br)cc4)c(OCC)c3)C(=O)N=C2S1. The average molecular weight is 692 g/mol. The first-order chi connectivity index (χ1) is 19.4. The molecule has 0 fully saturated rings. The van der Waals surface area contributed by atoms with E-state index in [-0.39, 0.29) is 11.4 Å². The summed E-state index contributed by atoms with van der Waals surface area (Å²) in [4.78, 5) is 17.1. The fourth-order valence-electron chi connectivity index (χ4n) is 4.09. The largest absolute Gasteiger partial charge is 0.490 e. The van der Waals surface area contributed by atoms with Crippen molar-refractivity contribution < 1.29 is 19.0 Å². The van der Waals surface area contributed by atoms with E-state index in [9.17, 15) is 4.79 Å². The van der Waals surface area contributed by atoms with Gasteiger partial charge in [-0.1, -0.05) is 48.5 Å². The van der Waals surface area contributed by atoms with Crippen molar-refractivity contribution in [2.24, 2.45) is 10.1 Å². The first-order valence-electron chi connectivity index (χ1n) is 13.4. The standard InChI is InChI=1S/C29H32Br2N4O4S/c1-3-5-6-7-8-9-25-34-35-27(32)22(28(36)33-29(35)40-25)16-19-17-23(31)26(24(18-19)37-4-2)39-15-14-38-21-12-10-20(30)11-13-21/h10-13,16-18,32H,3-9,14-15H2,1-2H3/b22-16-,32-27?. The highest BCUT2D eigenvalue weighted by molar-refractivity contribution is 9.10. The highest BCUT2D eigenvalue weighted by Crippen LogP contribution is 2.38. The number of carbonyl (C=O) groups excluding carboxylic acids is 1. The number of halogens is 2. The zero-order chi connectivity index (χ0) is 28.5. The van der Waals surface area contributed by atoms with Crippen LogP contribution in [-0.2, 0) is 4.79 Å². The first kappa shape index (κ1) is 30.3. The van der Waals surface area contributed by atoms with Gasteiger partial charge in [-0.05, 0) is 95.5 Å². The summed E-state index contributed by atoms with van der Waals surface area (Å²) in [6.45, 7) is 5.18. The molecule has 0 atom stereocenters. The molecule has 40 heavy (non-hydrogen) atoms. The van der Waals surface area contributed by atoms with Crippen molar-refractivity contribution in [1.29, 1.82) is 5.41 Å². The minimum atomic E-state index is -0.456. The van der Waals surface area contributed by atoms with Crippen LogP contribution in [0.4, 0.5) is 0 Å². The van der Waals surface area contributed by atoms with Gasteiger partial charge in [0.2, 0.25) is 5.17 Å². The summed E-state index contributed by atoms with van der Waals surface area (Å²) >= 11 is 8.37. The Labute approximate surface area is 256 Å². The van der Waals surface area contributed by atoms with Gasteiger partial charge in [-0.15, -0.1) is 0 Å². The summed E-state index contributed by atoms with van der Waals surface area (Å²) in [5.74, 6) is 1.37. The molecular weight excluding hydrogens is 660 g/mol. The smallest absolute Gasteiger partial charge is 0.283 e. The molecule has 2 aromatic carbocycles. The van der Waals surface area contributed by atoms with E-state index in [0.717, 1.165) is 34.5 Å². The molecule has 4 rings (SSSR count). The Kier molecular flexibility index (Phi) is 11.3. The van der Waals surface area contributed by atoms with E-state index in [1.165, 1.54) is 36.0 Å². The third kappa shape index (κ3) is 7.98. The summed E-state index contributed by atoms with van der Waals surface area (Å²) in [6.07, 6.45) is 8.30. The lowest BCUT2D eigenvalue weighted by Gasteiger charge is -2.20. The number of fused-ring (bicyclic) bond motifs is 1. The van der Waals surface area contributed by atoms with Gasteiger partial charge in [0.1, 0.15) is 24.0 Å². The van der Waals surface area contributed by atoms with Gasteiger partial charge in [0.05, 0.1) is 16.7 Å². The molecule has 0 spiro atoms. The second-order valence-corrected chi connectivity index (χ2v) is 11.9. The molecule has 2 aliphatic heterocycles. The number of amides is 1. The van der Waals surface area contributed by atoms with E-state index in [1.807, 2.05) is 37.3 Å². The Morgan fingerprint density at radius 3 is 2.50 bits per heavy atom. The fraction of sp³-hybridized carbons (Fsp3) is 0.379. The van der Waals surface area contributed by atoms with E-state index in [0.29, 0.717) is 46.5 Å². The zero-order valence-corrected chi connectivity index (χ0v) is 26.5. The zero-order valence-electron chi connectivity index (χ0n) is 22.5. The lowest BCUT2D eigenvalue weighted by Crippen LogP contribution is -2.35. The molecule has 0 radical (unpaired) electrons. The lowest BCUT2D eigenvalue weighted by atomic mass is 10.1. The monoisotopic (exact) mass is 690 g/mol. The fourth-order valence-corrected chi connectivity index (χ4v) is 5.85. The number of rotatable bonds is 14. The molecule has 1 amide bonds. The van der Waals surface area contributed by atoms with E-state index >= 15 is 0 Å². The number of hydrogen-bond donors (Lipinski definition) is 1. The van der Waals surface area contributed by atoms with E-state index in [2.05, 4.69) is 48.9 Å². The van der Waals surface area contributed by atoms with Gasteiger partial charge in [-0.2, -0.15) is 15.1 Å². The lowest BCUT2D eigenvalue weighted by molar-refractivity contribution is -0.114. The maximum atomic E-state index is 12.9. The van der Waals surface area contributed by atoms with Crippen LogP contribution in [0.1, 0.15) is 57.9 Å². The number of unbranched alkanes of at least 4 members (excludes halogenated alkanes) is 4. The Morgan fingerprint density at radius 2 is 1.75 bits per heavy atom. The number of nitrogens with zero attached hydrogens (tertiary/aromatic N) is 3. The maximum Gasteiger partial charge on any atom is 0.283 e. The van der Waals surface area contributed by atoms with Crippen molar-refractivity contribution >= 4 is 71.7 Å². The summed E-state index contributed by atoms with van der Waals surface area (Å²) in [7, 11) is 0. The first-order valence-corrected chi connectivity index (χ1v) is 15.8. The number of ether oxygens (including phenoxy) is 3. The second-order valence-electron chi connectivity index (χ2n) is 9.09. The Balaban J connectivity index is 1.44. The number of amidine groups is 2. The van der Waals surface area contributed by atoms with Gasteiger partial charge in [0.25, 0.3) is 5.91 Å². The predicted octanol–water partition coefficient (Wildman–Crippen LogP) is 8.05. The van der Waals surface area contributed by atoms with Crippen LogP contribution in [0.5, 0.6) is 17.2 Å². The Hall–Kier alpha value is -2.63. The van der Waals surface area contributed by atoms with Crippen molar-refractivity contribution in [2.75, 3.05) is 19.8 Å². The number of thioether (sulfide) groups is 1. The van der Waals surface area contributed by atoms with Crippen molar-refractivity contribution in [3.63, 3.8) is 0 Å². The minimum Gasteiger partial charge on any atom is -0.490 e. The molecule has 0 aromatic heterocycles. The second kappa shape index (κ2) is 14.8. The summed E-state index contributed by atoms with van der Waals surface area (Å²) in [5.41, 5.74) is 0.843. The molecule has 8 nitrogen and oxygen atoms in total. The molecule has 0 saturated carbocycles. The predicted molar refractivity (Wildman–Crippen MR) is 169 cm³/mol. The molecule has 0 unspecified atom stereocenters. The van der Waals surface area contributed by atoms with Crippen LogP contribution >= 0.6 is 43.6 Å². The van der Waals surface area contributed by atoms with Crippen molar-refractivity contribution in [2.45, 2.75) is 52.4 Å². The molecular formula is C29H32Br2N4O4S. The summed E-state index contributed by atoms with van der Waals surface area (Å²) in [6, 6.07) is 11.2. The third-order valence-corrected chi connectivity index (χ3v) is 8.13. The van der Waals surface area contributed by atoms with Gasteiger partial charge in [-0.3, -0.25) is 10.2 Å². The number of carbonyl (C=O) groups is 1. The number of hydrazone groups is 1. The van der Waals surface area contributed by atoms with Gasteiger partial charge in [0.15, 0.2) is 17.3 Å². The summed E-state index contributed by atoms with van der Waals surface area (Å²) in [5, 5.41) is 16.1. The van der Waals surface area contributed by atoms with Crippen molar-refractivity contribution in [3.8, 4) is 17.2 Å². The normalized spacial score (nSPS) is 15.7. The highest BCUT2D eigenvalue weighted by Gasteiger charge is 2.35. The van der Waals surface area contributed by atoms with Crippen LogP contribution in [-0.4, -0.2) is 46.8 Å². The molecule has 0 bridgehead atoms. The van der Waals surface area contributed by atoms with E-state index < -0.39 is 5.91 Å². The summed E-state index contributed by atoms with van der Waals surface area (Å²) < 4.78 is 19.2. The van der Waals surface area contributed by atoms with E-state index in [1.54, 1.807) is 12.1 Å². The Morgan fingerprint density at radius 1 is 1.00 bits per heavy atom. The van der Waals surface area contributed by atoms with Crippen LogP contribution in [0.15, 0.2) is 61.0 Å². The van der Waals surface area contributed by atoms with Crippen molar-refractivity contribution in [1.82, 2.24) is 5.01 Å². The number of aliphatic imine (C=N–C) groups is 1. The van der Waals surface area contributed by atoms with Gasteiger partial charge < -0.3 is 14.2 Å². The molecule has 11 heteroatoms. The van der Waals surface area contributed by atoms with Crippen LogP contribution in [0.25, 0.3) is 6.08 Å². The van der Waals surface area contributed by atoms with Crippen LogP contribution in [0.2, 0.25) is 0 Å². The molecule has 2 aromatic rings. The highest BCUT2D eigenvalue weighted by atomic mass is 79.9. The molecule has 0 aliphatic carbocycles. The maximum absolute atomic E-state index is 12.9. The van der Waals surface area contributed by atoms with Crippen LogP contribution in [0.3, 0.4) is 0 Å². The Bertz CT molecular complexity index is 1330. The van der Waals surface area contributed by atoms with Gasteiger partial charge in [0, 0.05) is 4.47 Å². The average Bonchev–Trinajstić information content (AvgIpc) is 3.34. The molecule has 2 aliphatic rings. The number of hydrogen-bond acceptors (Lipinski definition) is 7. The quantitative estimate of drug-likeness (QED) is 0.159. The van der Waals surface area contributed by atoms with E-state index in [4.69, 9.17) is 19.6 Å². The molecule has 212 valence electrons. The van der Waals surface area contributed by atoms with Crippen LogP contribution < -0.4 is 14.2 Å². The topological polar surface area (TPSA) is 96.6 Å². The van der Waals surface area contributed by atoms with Crippen LogP contribution in [0, 0.1) is 5.41 Å². The minimum absolute atomic E-state index is 0.0167. The number of nitrogens with one attached hydrogen (secondary N) is 1. The number of benzene rings is 2. The third-order valence-electron chi connectivity index (χ3n) is 6.05. The molecule has 2 heterocycles. The van der Waals surface area contributed by atoms with Gasteiger partial charge in [-0.25, -0.2) is 0 Å². The molecule has 0 saturated heterocycles. The van der Waals surface area contributed by atoms with Gasteiger partial charge >= 0.3 is 0 Å². The van der Waals surface area contributed by atoms with Crippen molar-refractivity contribution in [3.05, 3.63) is 56.5 Å². The molecule has 1 N–H and O–H groups in total.